The summed E-state index contributed by atoms with van der Waals surface area (Å²) in [6, 6.07) is -3.75. The molecule has 0 aliphatic carbocycles. The molecule has 3 aliphatic heterocycles. The summed E-state index contributed by atoms with van der Waals surface area (Å²) >= 11 is 0. The van der Waals surface area contributed by atoms with Crippen molar-refractivity contribution in [3.63, 3.8) is 0 Å². The predicted molar refractivity (Wildman–Crippen MR) is 80.7 cm³/mol. The molecule has 144 valence electrons. The summed E-state index contributed by atoms with van der Waals surface area (Å²) in [4.78, 5) is 49.1. The number of fused-ring (bicyclic) bond motifs is 2. The molecule has 3 aliphatic rings. The van der Waals surface area contributed by atoms with E-state index in [-0.39, 0.29) is 72.7 Å². The summed E-state index contributed by atoms with van der Waals surface area (Å²) in [6.07, 6.45) is 0.554. The summed E-state index contributed by atoms with van der Waals surface area (Å²) in [5.74, 6) is 5.54. The Kier molecular flexibility index (Phi) is 6.51. The molecule has 2 bridgehead atoms. The minimum Gasteiger partial charge on any atom is -0.573 e. The normalized spacial score (nSPS) is 27.3. The molecule has 3 heterocycles. The van der Waals surface area contributed by atoms with Gasteiger partial charge < -0.3 is 21.1 Å². The third-order valence-electron chi connectivity index (χ3n) is 4.52. The molecule has 3 N–H and O–H groups in total. The van der Waals surface area contributed by atoms with Gasteiger partial charge in [-0.1, -0.05) is 0 Å². The molecule has 15 heteroatoms. The molecule has 13 nitrogen and oxygen atoms in total. The van der Waals surface area contributed by atoms with E-state index in [4.69, 9.17) is 10.4 Å². The van der Waals surface area contributed by atoms with E-state index in [0.717, 1.165) is 4.90 Å². The zero-order valence-corrected chi connectivity index (χ0v) is 17.1. The first-order chi connectivity index (χ1) is 12.1. The molecular weight excluding hydrogens is 397 g/mol. The van der Waals surface area contributed by atoms with Crippen LogP contribution in [0.4, 0.5) is 4.79 Å². The smallest absolute Gasteiger partial charge is 0.573 e. The molecule has 0 aromatic rings. The van der Waals surface area contributed by atoms with E-state index in [9.17, 15) is 27.6 Å². The maximum atomic E-state index is 12.5. The van der Waals surface area contributed by atoms with Gasteiger partial charge in [0.15, 0.2) is 0 Å². The van der Waals surface area contributed by atoms with Gasteiger partial charge in [0.05, 0.1) is 6.04 Å². The average Bonchev–Trinajstić information content (AvgIpc) is 3.10. The second-order valence-electron chi connectivity index (χ2n) is 6.18. The molecule has 3 fully saturated rings. The Labute approximate surface area is 176 Å². The average molecular weight is 413 g/mol. The van der Waals surface area contributed by atoms with Crippen molar-refractivity contribution >= 4 is 34.2 Å². The van der Waals surface area contributed by atoms with E-state index in [1.165, 1.54) is 0 Å². The summed E-state index contributed by atoms with van der Waals surface area (Å²) in [5, 5.41) is 2.96. The van der Waals surface area contributed by atoms with Crippen molar-refractivity contribution in [1.29, 1.82) is 0 Å². The van der Waals surface area contributed by atoms with Crippen LogP contribution in [-0.2, 0) is 29.1 Å². The van der Waals surface area contributed by atoms with Crippen LogP contribution in [0.25, 0.3) is 5.84 Å². The van der Waals surface area contributed by atoms with Crippen molar-refractivity contribution in [2.75, 3.05) is 6.54 Å². The van der Waals surface area contributed by atoms with Gasteiger partial charge in [-0.2, -0.15) is 13.5 Å². The van der Waals surface area contributed by atoms with Crippen LogP contribution in [0.3, 0.4) is 0 Å². The van der Waals surface area contributed by atoms with E-state index in [0.29, 0.717) is 5.06 Å². The van der Waals surface area contributed by atoms with Crippen LogP contribution >= 0.6 is 0 Å². The van der Waals surface area contributed by atoms with Gasteiger partial charge >= 0.3 is 46.0 Å². The topological polar surface area (TPSA) is 177 Å². The van der Waals surface area contributed by atoms with Crippen LogP contribution in [0.15, 0.2) is 0 Å². The van der Waals surface area contributed by atoms with Crippen LogP contribution in [0.2, 0.25) is 0 Å². The standard InChI is InChI=1S/C12H16N5O8S.Na/c13-16(10(19)7-2-4-9(18)14-7)11(20)8-3-1-6-5-15(8)12(21)17(6)25-26(22,23)24;/h6-8,13H,1-5H2,(H,14,18)(H,22,23,24);/q-1;+1/t6-,7+,8+;/m1./s1. The monoisotopic (exact) mass is 413 g/mol. The van der Waals surface area contributed by atoms with E-state index < -0.39 is 46.4 Å². The second kappa shape index (κ2) is 7.98. The summed E-state index contributed by atoms with van der Waals surface area (Å²) in [6.45, 7) is -0.0487. The number of piperidine rings is 1. The molecule has 0 aromatic carbocycles. The van der Waals surface area contributed by atoms with Crippen molar-refractivity contribution in [3.05, 3.63) is 5.84 Å². The first-order valence-corrected chi connectivity index (χ1v) is 9.10. The zero-order chi connectivity index (χ0) is 19.2. The third-order valence-corrected chi connectivity index (χ3v) is 4.87. The summed E-state index contributed by atoms with van der Waals surface area (Å²) in [5.41, 5.74) is 0. The SMILES string of the molecule is [NH-]N(C(=O)[C@@H]1CCC(=O)N1)C(=O)[C@@H]1CC[C@@H]2CN1C(=O)N2OS(=O)(=O)O.[Na+]. The quantitative estimate of drug-likeness (QED) is 0.201. The number of hydrogen-bond acceptors (Lipinski definition) is 7. The van der Waals surface area contributed by atoms with Gasteiger partial charge in [0.25, 0.3) is 0 Å². The molecule has 3 saturated heterocycles. The van der Waals surface area contributed by atoms with Crippen LogP contribution in [0.1, 0.15) is 25.7 Å². The predicted octanol–water partition coefficient (Wildman–Crippen LogP) is -4.41. The fourth-order valence-corrected chi connectivity index (χ4v) is 3.69. The van der Waals surface area contributed by atoms with Gasteiger partial charge in [0, 0.05) is 13.0 Å². The Bertz CT molecular complexity index is 776. The molecule has 0 spiro atoms. The number of carbonyl (C=O) groups excluding carboxylic acids is 4. The van der Waals surface area contributed by atoms with Crippen molar-refractivity contribution in [3.8, 4) is 0 Å². The molecule has 0 unspecified atom stereocenters. The molecule has 0 aromatic heterocycles. The Morgan fingerprint density at radius 1 is 1.22 bits per heavy atom. The van der Waals surface area contributed by atoms with E-state index in [2.05, 4.69) is 9.60 Å². The number of nitrogens with one attached hydrogen (secondary N) is 2. The Hall–Kier alpha value is -1.29. The Morgan fingerprint density at radius 3 is 2.44 bits per heavy atom. The minimum atomic E-state index is -4.91. The Balaban J connectivity index is 0.00000261. The van der Waals surface area contributed by atoms with Gasteiger partial charge in [0.2, 0.25) is 17.7 Å². The van der Waals surface area contributed by atoms with Crippen molar-refractivity contribution in [2.45, 2.75) is 43.8 Å². The fourth-order valence-electron chi connectivity index (χ4n) is 3.30. The molecular formula is C12H16N5NaO8S. The number of nitrogens with zero attached hydrogens (tertiary/aromatic N) is 3. The van der Waals surface area contributed by atoms with E-state index in [1.807, 2.05) is 0 Å². The Morgan fingerprint density at radius 2 is 1.89 bits per heavy atom. The molecule has 27 heavy (non-hydrogen) atoms. The molecule has 0 radical (unpaired) electrons. The zero-order valence-electron chi connectivity index (χ0n) is 14.3. The molecule has 3 rings (SSSR count). The van der Waals surface area contributed by atoms with E-state index >= 15 is 0 Å². The van der Waals surface area contributed by atoms with Gasteiger partial charge in [-0.15, -0.1) is 4.28 Å². The number of amides is 5. The summed E-state index contributed by atoms with van der Waals surface area (Å²) < 4.78 is 34.7. The van der Waals surface area contributed by atoms with Crippen LogP contribution in [-0.4, -0.2) is 76.4 Å². The van der Waals surface area contributed by atoms with Crippen LogP contribution in [0, 0.1) is 0 Å². The van der Waals surface area contributed by atoms with Crippen LogP contribution < -0.4 is 34.9 Å². The largest absolute Gasteiger partial charge is 1.00 e. The number of imide groups is 1. The maximum absolute atomic E-state index is 12.5. The van der Waals surface area contributed by atoms with Gasteiger partial charge in [0.1, 0.15) is 12.1 Å². The van der Waals surface area contributed by atoms with Crippen LogP contribution in [0.5, 0.6) is 0 Å². The van der Waals surface area contributed by atoms with Crippen molar-refractivity contribution in [2.24, 2.45) is 0 Å². The number of hydroxylamine groups is 2. The first kappa shape index (κ1) is 22.0. The number of urea groups is 1. The maximum Gasteiger partial charge on any atom is 1.00 e. The number of rotatable bonds is 4. The van der Waals surface area contributed by atoms with Gasteiger partial charge in [-0.05, 0) is 19.3 Å². The molecule has 0 saturated carbocycles. The second-order valence-corrected chi connectivity index (χ2v) is 7.19. The minimum absolute atomic E-state index is 0. The summed E-state index contributed by atoms with van der Waals surface area (Å²) in [7, 11) is -4.91. The molecule has 5 amide bonds. The van der Waals surface area contributed by atoms with Gasteiger partial charge in [-0.3, -0.25) is 18.9 Å². The van der Waals surface area contributed by atoms with Gasteiger partial charge in [-0.25, -0.2) is 4.79 Å². The fraction of sp³-hybridized carbons (Fsp3) is 0.667. The van der Waals surface area contributed by atoms with Crippen molar-refractivity contribution < 1.29 is 66.0 Å². The van der Waals surface area contributed by atoms with E-state index in [1.54, 1.807) is 0 Å². The number of hydrogen-bond donors (Lipinski definition) is 2. The third kappa shape index (κ3) is 4.42. The van der Waals surface area contributed by atoms with Crippen molar-refractivity contribution in [1.82, 2.24) is 20.3 Å². The first-order valence-electron chi connectivity index (χ1n) is 7.73. The molecule has 3 atom stereocenters. The number of carbonyl (C=O) groups is 4.